The molecule has 0 saturated carbocycles. The van der Waals surface area contributed by atoms with Gasteiger partial charge in [-0.15, -0.1) is 0 Å². The molecule has 8 rings (SSSR count). The van der Waals surface area contributed by atoms with Crippen LogP contribution in [0.4, 0.5) is 0 Å². The Morgan fingerprint density at radius 3 is 1.72 bits per heavy atom. The van der Waals surface area contributed by atoms with Crippen molar-refractivity contribution in [2.24, 2.45) is 0 Å². The first-order valence-corrected chi connectivity index (χ1v) is 12.7. The molecule has 36 heavy (non-hydrogen) atoms. The number of hydrogen-bond acceptors (Lipinski definition) is 1. The maximum absolute atomic E-state index is 5.76. The molecule has 0 bridgehead atoms. The molecule has 0 heterocycles. The highest BCUT2D eigenvalue weighted by atomic mass is 16.5. The monoisotopic (exact) mass is 462 g/mol. The van der Waals surface area contributed by atoms with Crippen molar-refractivity contribution >= 4 is 0 Å². The number of ether oxygens (including phenoxy) is 1. The first kappa shape index (κ1) is 20.1. The van der Waals surface area contributed by atoms with Crippen LogP contribution in [0, 0.1) is 0 Å². The van der Waals surface area contributed by atoms with E-state index in [0.717, 1.165) is 5.75 Å². The number of hydrogen-bond donors (Lipinski definition) is 0. The summed E-state index contributed by atoms with van der Waals surface area (Å²) >= 11 is 0. The van der Waals surface area contributed by atoms with Crippen molar-refractivity contribution in [3.63, 3.8) is 0 Å². The van der Waals surface area contributed by atoms with Gasteiger partial charge in [-0.2, -0.15) is 0 Å². The van der Waals surface area contributed by atoms with E-state index in [-0.39, 0.29) is 10.8 Å². The van der Waals surface area contributed by atoms with Crippen LogP contribution < -0.4 is 4.74 Å². The van der Waals surface area contributed by atoms with Crippen LogP contribution in [0.3, 0.4) is 0 Å². The van der Waals surface area contributed by atoms with Crippen molar-refractivity contribution in [3.05, 3.63) is 137 Å². The zero-order valence-electron chi connectivity index (χ0n) is 20.7. The Balaban J connectivity index is 1.58. The van der Waals surface area contributed by atoms with Crippen molar-refractivity contribution in [2.45, 2.75) is 24.7 Å². The van der Waals surface area contributed by atoms with Crippen LogP contribution in [-0.4, -0.2) is 7.11 Å². The molecule has 1 heteroatoms. The van der Waals surface area contributed by atoms with Gasteiger partial charge < -0.3 is 4.74 Å². The standard InChI is InChI=1S/C35H26O/c1-34(2)26-13-7-5-11-24(26)32-29(34)18-19-30-33(32)25-12-6-9-15-28(25)35(30)27-14-8-4-10-22(27)23-17-16-21(36-3)20-31(23)35/h4-20H,1-3H3. The SMILES string of the molecule is COc1ccc2c(c1)C1(c3ccccc3-2)c2ccccc2-c2c1ccc1c2-c2ccccc2C1(C)C. The highest BCUT2D eigenvalue weighted by Crippen LogP contribution is 2.66. The number of benzene rings is 5. The van der Waals surface area contributed by atoms with Crippen molar-refractivity contribution in [1.82, 2.24) is 0 Å². The van der Waals surface area contributed by atoms with E-state index in [4.69, 9.17) is 4.74 Å². The molecule has 3 aliphatic rings. The molecule has 1 unspecified atom stereocenters. The second-order valence-corrected chi connectivity index (χ2v) is 10.8. The second kappa shape index (κ2) is 6.56. The summed E-state index contributed by atoms with van der Waals surface area (Å²) in [6.07, 6.45) is 0. The molecule has 5 aromatic rings. The van der Waals surface area contributed by atoms with Gasteiger partial charge in [0.15, 0.2) is 0 Å². The van der Waals surface area contributed by atoms with Gasteiger partial charge in [0.2, 0.25) is 0 Å². The molecule has 0 aromatic heterocycles. The van der Waals surface area contributed by atoms with Gasteiger partial charge in [0.05, 0.1) is 12.5 Å². The lowest BCUT2D eigenvalue weighted by Crippen LogP contribution is -2.26. The quantitative estimate of drug-likeness (QED) is 0.238. The molecule has 3 aliphatic carbocycles. The molecule has 0 N–H and O–H groups in total. The predicted molar refractivity (Wildman–Crippen MR) is 147 cm³/mol. The third-order valence-electron chi connectivity index (χ3n) is 9.00. The predicted octanol–water partition coefficient (Wildman–Crippen LogP) is 8.35. The van der Waals surface area contributed by atoms with Gasteiger partial charge in [-0.25, -0.2) is 0 Å². The van der Waals surface area contributed by atoms with Crippen LogP contribution in [0.2, 0.25) is 0 Å². The van der Waals surface area contributed by atoms with E-state index < -0.39 is 0 Å². The van der Waals surface area contributed by atoms with E-state index in [2.05, 4.69) is 117 Å². The summed E-state index contributed by atoms with van der Waals surface area (Å²) in [5.74, 6) is 0.902. The molecule has 0 aliphatic heterocycles. The zero-order chi connectivity index (χ0) is 24.2. The third-order valence-corrected chi connectivity index (χ3v) is 9.00. The molecule has 0 radical (unpaired) electrons. The second-order valence-electron chi connectivity index (χ2n) is 10.8. The molecule has 1 spiro atoms. The molecular weight excluding hydrogens is 436 g/mol. The Bertz CT molecular complexity index is 1760. The van der Waals surface area contributed by atoms with Gasteiger partial charge in [-0.3, -0.25) is 0 Å². The lowest BCUT2D eigenvalue weighted by atomic mass is 9.70. The zero-order valence-corrected chi connectivity index (χ0v) is 20.7. The Morgan fingerprint density at radius 1 is 0.472 bits per heavy atom. The number of rotatable bonds is 1. The van der Waals surface area contributed by atoms with Crippen LogP contribution in [0.15, 0.2) is 103 Å². The summed E-state index contributed by atoms with van der Waals surface area (Å²) in [6, 6.07) is 38.5. The van der Waals surface area contributed by atoms with E-state index >= 15 is 0 Å². The topological polar surface area (TPSA) is 9.23 Å². The normalized spacial score (nSPS) is 18.8. The Kier molecular flexibility index (Phi) is 3.67. The first-order valence-electron chi connectivity index (χ1n) is 12.7. The average Bonchev–Trinajstić information content (AvgIpc) is 3.48. The van der Waals surface area contributed by atoms with Gasteiger partial charge >= 0.3 is 0 Å². The molecule has 1 atom stereocenters. The van der Waals surface area contributed by atoms with Gasteiger partial charge in [0.1, 0.15) is 5.75 Å². The Morgan fingerprint density at radius 2 is 1.00 bits per heavy atom. The Labute approximate surface area is 212 Å². The van der Waals surface area contributed by atoms with E-state index in [9.17, 15) is 0 Å². The molecule has 0 saturated heterocycles. The van der Waals surface area contributed by atoms with Crippen LogP contribution in [0.1, 0.15) is 47.2 Å². The van der Waals surface area contributed by atoms with Gasteiger partial charge in [-0.05, 0) is 78.9 Å². The fraction of sp³-hybridized carbons (Fsp3) is 0.143. The maximum atomic E-state index is 5.76. The fourth-order valence-electron chi connectivity index (χ4n) is 7.53. The molecule has 0 fully saturated rings. The maximum Gasteiger partial charge on any atom is 0.119 e. The van der Waals surface area contributed by atoms with E-state index in [1.165, 1.54) is 66.8 Å². The largest absolute Gasteiger partial charge is 0.497 e. The summed E-state index contributed by atoms with van der Waals surface area (Å²) in [7, 11) is 1.76. The first-order chi connectivity index (χ1) is 17.6. The summed E-state index contributed by atoms with van der Waals surface area (Å²) in [6.45, 7) is 4.73. The van der Waals surface area contributed by atoms with Gasteiger partial charge in [-0.1, -0.05) is 105 Å². The van der Waals surface area contributed by atoms with Crippen LogP contribution in [0.25, 0.3) is 33.4 Å². The van der Waals surface area contributed by atoms with Crippen LogP contribution >= 0.6 is 0 Å². The van der Waals surface area contributed by atoms with Crippen LogP contribution in [0.5, 0.6) is 5.75 Å². The van der Waals surface area contributed by atoms with Gasteiger partial charge in [0, 0.05) is 5.41 Å². The minimum Gasteiger partial charge on any atom is -0.497 e. The fourth-order valence-corrected chi connectivity index (χ4v) is 7.53. The smallest absolute Gasteiger partial charge is 0.119 e. The molecule has 172 valence electrons. The van der Waals surface area contributed by atoms with E-state index in [1.54, 1.807) is 7.11 Å². The minimum absolute atomic E-state index is 0.0274. The van der Waals surface area contributed by atoms with E-state index in [1.807, 2.05) is 0 Å². The Hall–Kier alpha value is -4.10. The highest BCUT2D eigenvalue weighted by molar-refractivity contribution is 6.03. The van der Waals surface area contributed by atoms with E-state index in [0.29, 0.717) is 0 Å². The summed E-state index contributed by atoms with van der Waals surface area (Å²) in [4.78, 5) is 0. The van der Waals surface area contributed by atoms with Crippen molar-refractivity contribution in [2.75, 3.05) is 7.11 Å². The van der Waals surface area contributed by atoms with Gasteiger partial charge in [0.25, 0.3) is 0 Å². The molecular formula is C35H26O. The molecule has 5 aromatic carbocycles. The summed E-state index contributed by atoms with van der Waals surface area (Å²) in [5.41, 5.74) is 16.0. The number of fused-ring (bicyclic) bond motifs is 14. The summed E-state index contributed by atoms with van der Waals surface area (Å²) in [5, 5.41) is 0. The van der Waals surface area contributed by atoms with Crippen LogP contribution in [-0.2, 0) is 10.8 Å². The van der Waals surface area contributed by atoms with Crippen molar-refractivity contribution in [3.8, 4) is 39.1 Å². The average molecular weight is 463 g/mol. The lowest BCUT2D eigenvalue weighted by molar-refractivity contribution is 0.414. The summed E-state index contributed by atoms with van der Waals surface area (Å²) < 4.78 is 5.76. The molecule has 1 nitrogen and oxygen atoms in total. The lowest BCUT2D eigenvalue weighted by Gasteiger charge is -2.31. The minimum atomic E-state index is -0.358. The third kappa shape index (κ3) is 2.11. The number of methoxy groups -OCH3 is 1. The van der Waals surface area contributed by atoms with Crippen molar-refractivity contribution in [1.29, 1.82) is 0 Å². The van der Waals surface area contributed by atoms with Crippen molar-refractivity contribution < 1.29 is 4.74 Å². The molecule has 0 amide bonds. The highest BCUT2D eigenvalue weighted by Gasteiger charge is 2.53.